The van der Waals surface area contributed by atoms with Gasteiger partial charge in [0.15, 0.2) is 0 Å². The first-order valence-electron chi connectivity index (χ1n) is 7.49. The summed E-state index contributed by atoms with van der Waals surface area (Å²) in [4.78, 5) is 14.4. The molecular formula is C16H25N3O. The molecule has 1 unspecified atom stereocenters. The van der Waals surface area contributed by atoms with Crippen LogP contribution in [0.4, 0.5) is 0 Å². The van der Waals surface area contributed by atoms with Crippen molar-refractivity contribution in [1.29, 1.82) is 0 Å². The Kier molecular flexibility index (Phi) is 6.02. The lowest BCUT2D eigenvalue weighted by Gasteiger charge is -2.35. The number of nitrogens with one attached hydrogen (secondary N) is 2. The lowest BCUT2D eigenvalue weighted by Crippen LogP contribution is -2.48. The maximum absolute atomic E-state index is 12.1. The molecule has 1 aromatic carbocycles. The van der Waals surface area contributed by atoms with Gasteiger partial charge in [-0.2, -0.15) is 0 Å². The molecule has 0 saturated carbocycles. The highest BCUT2D eigenvalue weighted by Crippen LogP contribution is 2.15. The van der Waals surface area contributed by atoms with E-state index in [2.05, 4.69) is 15.5 Å². The van der Waals surface area contributed by atoms with Crippen LogP contribution in [0.15, 0.2) is 30.3 Å². The van der Waals surface area contributed by atoms with Crippen LogP contribution in [-0.2, 0) is 11.3 Å². The summed E-state index contributed by atoms with van der Waals surface area (Å²) < 4.78 is 0. The molecule has 110 valence electrons. The highest BCUT2D eigenvalue weighted by molar-refractivity contribution is 5.78. The number of nitrogens with zero attached hydrogens (tertiary/aromatic N) is 1. The van der Waals surface area contributed by atoms with Crippen molar-refractivity contribution in [3.05, 3.63) is 35.9 Å². The van der Waals surface area contributed by atoms with Gasteiger partial charge in [-0.3, -0.25) is 9.69 Å². The van der Waals surface area contributed by atoms with E-state index in [1.807, 2.05) is 37.4 Å². The number of rotatable bonds is 6. The molecule has 1 fully saturated rings. The van der Waals surface area contributed by atoms with Gasteiger partial charge in [0, 0.05) is 19.1 Å². The molecule has 1 aliphatic rings. The second kappa shape index (κ2) is 8.02. The van der Waals surface area contributed by atoms with Crippen molar-refractivity contribution in [3.8, 4) is 0 Å². The summed E-state index contributed by atoms with van der Waals surface area (Å²) in [6, 6.07) is 10.5. The van der Waals surface area contributed by atoms with Crippen molar-refractivity contribution in [1.82, 2.24) is 15.5 Å². The van der Waals surface area contributed by atoms with E-state index < -0.39 is 0 Å². The Morgan fingerprint density at radius 1 is 1.30 bits per heavy atom. The molecule has 0 bridgehead atoms. The van der Waals surface area contributed by atoms with Crippen LogP contribution in [0.1, 0.15) is 24.8 Å². The fourth-order valence-electron chi connectivity index (χ4n) is 2.77. The van der Waals surface area contributed by atoms with E-state index >= 15 is 0 Å². The summed E-state index contributed by atoms with van der Waals surface area (Å²) in [5.74, 6) is 0.122. The first-order valence-corrected chi connectivity index (χ1v) is 7.49. The molecule has 2 rings (SSSR count). The highest BCUT2D eigenvalue weighted by Gasteiger charge is 2.23. The summed E-state index contributed by atoms with van der Waals surface area (Å²) in [5.41, 5.74) is 1.14. The lowest BCUT2D eigenvalue weighted by molar-refractivity contribution is -0.123. The Labute approximate surface area is 121 Å². The minimum Gasteiger partial charge on any atom is -0.351 e. The minimum atomic E-state index is 0.122. The predicted octanol–water partition coefficient (Wildman–Crippen LogP) is 1.38. The van der Waals surface area contributed by atoms with Gasteiger partial charge >= 0.3 is 0 Å². The Bertz CT molecular complexity index is 405. The van der Waals surface area contributed by atoms with E-state index in [0.717, 1.165) is 18.7 Å². The average Bonchev–Trinajstić information content (AvgIpc) is 2.49. The van der Waals surface area contributed by atoms with Gasteiger partial charge in [0.25, 0.3) is 0 Å². The van der Waals surface area contributed by atoms with E-state index in [4.69, 9.17) is 0 Å². The zero-order chi connectivity index (χ0) is 14.2. The van der Waals surface area contributed by atoms with Crippen LogP contribution in [-0.4, -0.2) is 43.5 Å². The number of carbonyl (C=O) groups is 1. The fraction of sp³-hybridized carbons (Fsp3) is 0.562. The molecule has 1 saturated heterocycles. The van der Waals surface area contributed by atoms with Crippen LogP contribution in [0.2, 0.25) is 0 Å². The van der Waals surface area contributed by atoms with Gasteiger partial charge in [-0.1, -0.05) is 36.8 Å². The molecule has 1 amide bonds. The maximum Gasteiger partial charge on any atom is 0.234 e. The third-order valence-corrected chi connectivity index (χ3v) is 3.87. The number of amides is 1. The number of likely N-dealkylation sites (N-methyl/N-ethyl adjacent to an activating group) is 1. The zero-order valence-electron chi connectivity index (χ0n) is 12.3. The number of benzene rings is 1. The highest BCUT2D eigenvalue weighted by atomic mass is 16.2. The first-order chi connectivity index (χ1) is 9.79. The van der Waals surface area contributed by atoms with Crippen molar-refractivity contribution in [3.63, 3.8) is 0 Å². The van der Waals surface area contributed by atoms with E-state index in [0.29, 0.717) is 19.1 Å². The van der Waals surface area contributed by atoms with Crippen molar-refractivity contribution < 1.29 is 4.79 Å². The smallest absolute Gasteiger partial charge is 0.234 e. The van der Waals surface area contributed by atoms with E-state index in [9.17, 15) is 4.79 Å². The molecule has 4 heteroatoms. The third kappa shape index (κ3) is 4.62. The van der Waals surface area contributed by atoms with Gasteiger partial charge in [-0.15, -0.1) is 0 Å². The van der Waals surface area contributed by atoms with Crippen LogP contribution in [0.25, 0.3) is 0 Å². The summed E-state index contributed by atoms with van der Waals surface area (Å²) in [6.07, 6.45) is 3.66. The molecule has 0 aromatic heterocycles. The standard InChI is InChI=1S/C16H25N3O/c1-17-12-15-9-5-6-10-19(15)13-16(20)18-11-14-7-3-2-4-8-14/h2-4,7-8,15,17H,5-6,9-13H2,1H3,(H,18,20). The predicted molar refractivity (Wildman–Crippen MR) is 81.4 cm³/mol. The third-order valence-electron chi connectivity index (χ3n) is 3.87. The molecule has 0 spiro atoms. The second-order valence-corrected chi connectivity index (χ2v) is 5.44. The first kappa shape index (κ1) is 15.0. The molecule has 1 aromatic rings. The Morgan fingerprint density at radius 2 is 2.10 bits per heavy atom. The van der Waals surface area contributed by atoms with Gasteiger partial charge in [0.1, 0.15) is 0 Å². The topological polar surface area (TPSA) is 44.4 Å². The maximum atomic E-state index is 12.1. The van der Waals surface area contributed by atoms with Crippen molar-refractivity contribution >= 4 is 5.91 Å². The van der Waals surface area contributed by atoms with Gasteiger partial charge in [0.05, 0.1) is 6.54 Å². The van der Waals surface area contributed by atoms with Gasteiger partial charge in [-0.05, 0) is 32.0 Å². The summed E-state index contributed by atoms with van der Waals surface area (Å²) >= 11 is 0. The van der Waals surface area contributed by atoms with Crippen LogP contribution in [0, 0.1) is 0 Å². The largest absolute Gasteiger partial charge is 0.351 e. The number of piperidine rings is 1. The molecule has 1 heterocycles. The van der Waals surface area contributed by atoms with Gasteiger partial charge in [-0.25, -0.2) is 0 Å². The lowest BCUT2D eigenvalue weighted by atomic mass is 10.0. The molecule has 0 aliphatic carbocycles. The summed E-state index contributed by atoms with van der Waals surface area (Å²) in [5, 5.41) is 6.23. The van der Waals surface area contributed by atoms with Crippen LogP contribution in [0.5, 0.6) is 0 Å². The van der Waals surface area contributed by atoms with E-state index in [1.54, 1.807) is 0 Å². The number of likely N-dealkylation sites (tertiary alicyclic amines) is 1. The number of carbonyl (C=O) groups excluding carboxylic acids is 1. The van der Waals surface area contributed by atoms with Crippen LogP contribution >= 0.6 is 0 Å². The van der Waals surface area contributed by atoms with Gasteiger partial charge < -0.3 is 10.6 Å². The second-order valence-electron chi connectivity index (χ2n) is 5.44. The summed E-state index contributed by atoms with van der Waals surface area (Å²) in [6.45, 7) is 3.13. The molecule has 0 radical (unpaired) electrons. The van der Waals surface area contributed by atoms with Crippen molar-refractivity contribution in [2.45, 2.75) is 31.8 Å². The molecule has 1 aliphatic heterocycles. The molecule has 4 nitrogen and oxygen atoms in total. The fourth-order valence-corrected chi connectivity index (χ4v) is 2.77. The Hall–Kier alpha value is -1.39. The Morgan fingerprint density at radius 3 is 2.85 bits per heavy atom. The van der Waals surface area contributed by atoms with E-state index in [1.165, 1.54) is 19.3 Å². The van der Waals surface area contributed by atoms with Crippen LogP contribution in [0.3, 0.4) is 0 Å². The SMILES string of the molecule is CNCC1CCCCN1CC(=O)NCc1ccccc1. The van der Waals surface area contributed by atoms with Crippen molar-refractivity contribution in [2.24, 2.45) is 0 Å². The molecule has 2 N–H and O–H groups in total. The number of hydrogen-bond acceptors (Lipinski definition) is 3. The monoisotopic (exact) mass is 275 g/mol. The Balaban J connectivity index is 1.78. The van der Waals surface area contributed by atoms with Gasteiger partial charge in [0.2, 0.25) is 5.91 Å². The minimum absolute atomic E-state index is 0.122. The molecule has 20 heavy (non-hydrogen) atoms. The molecular weight excluding hydrogens is 250 g/mol. The zero-order valence-corrected chi connectivity index (χ0v) is 12.3. The number of hydrogen-bond donors (Lipinski definition) is 2. The van der Waals surface area contributed by atoms with Crippen molar-refractivity contribution in [2.75, 3.05) is 26.7 Å². The average molecular weight is 275 g/mol. The summed E-state index contributed by atoms with van der Waals surface area (Å²) in [7, 11) is 1.97. The molecule has 1 atom stereocenters. The van der Waals surface area contributed by atoms with E-state index in [-0.39, 0.29) is 5.91 Å². The quantitative estimate of drug-likeness (QED) is 0.824. The van der Waals surface area contributed by atoms with Crippen LogP contribution < -0.4 is 10.6 Å². The normalized spacial score (nSPS) is 19.8.